The maximum Gasteiger partial charge on any atom is 0.318 e. The molecule has 0 radical (unpaired) electrons. The maximum absolute atomic E-state index is 14.5. The SMILES string of the molecule is Oc1cc(N2Cc3nc(OCC45CCCN4CC(F)C5)nc4c3C(C2)OCC2C3CCC(CN42)N3)c2c(Cl)cccc2c1. The second-order valence-corrected chi connectivity index (χ2v) is 13.7. The Labute approximate surface area is 254 Å². The number of halogens is 2. The zero-order valence-corrected chi connectivity index (χ0v) is 24.8. The molecule has 6 unspecified atom stereocenters. The fraction of sp³-hybridized carbons (Fsp3) is 0.562. The van der Waals surface area contributed by atoms with Gasteiger partial charge in [0, 0.05) is 55.2 Å². The summed E-state index contributed by atoms with van der Waals surface area (Å²) in [4.78, 5) is 17.0. The van der Waals surface area contributed by atoms with Gasteiger partial charge in [-0.1, -0.05) is 23.7 Å². The van der Waals surface area contributed by atoms with Gasteiger partial charge in [-0.2, -0.15) is 9.97 Å². The van der Waals surface area contributed by atoms with Crippen LogP contribution in [0.1, 0.15) is 49.5 Å². The number of hydrogen-bond donors (Lipinski definition) is 2. The van der Waals surface area contributed by atoms with Gasteiger partial charge in [-0.3, -0.25) is 4.90 Å². The molecule has 6 atom stereocenters. The third kappa shape index (κ3) is 4.20. The third-order valence-corrected chi connectivity index (χ3v) is 11.1. The van der Waals surface area contributed by atoms with Crippen LogP contribution in [0.15, 0.2) is 30.3 Å². The van der Waals surface area contributed by atoms with E-state index < -0.39 is 6.17 Å². The van der Waals surface area contributed by atoms with Crippen molar-refractivity contribution < 1.29 is 19.0 Å². The van der Waals surface area contributed by atoms with Crippen LogP contribution < -0.4 is 19.9 Å². The van der Waals surface area contributed by atoms with Crippen LogP contribution in [0.25, 0.3) is 10.8 Å². The summed E-state index contributed by atoms with van der Waals surface area (Å²) in [5, 5.41) is 16.9. The van der Waals surface area contributed by atoms with Gasteiger partial charge >= 0.3 is 6.01 Å². The summed E-state index contributed by atoms with van der Waals surface area (Å²) >= 11 is 6.74. The van der Waals surface area contributed by atoms with E-state index in [0.29, 0.717) is 62.4 Å². The van der Waals surface area contributed by atoms with Crippen LogP contribution in [0, 0.1) is 0 Å². The molecule has 6 aliphatic rings. The molecular formula is C32H36ClFN6O3. The number of nitrogens with one attached hydrogen (secondary N) is 1. The lowest BCUT2D eigenvalue weighted by Crippen LogP contribution is -2.59. The summed E-state index contributed by atoms with van der Waals surface area (Å²) in [5.74, 6) is 1.10. The van der Waals surface area contributed by atoms with Crippen molar-refractivity contribution in [2.75, 3.05) is 49.2 Å². The largest absolute Gasteiger partial charge is 0.508 e. The van der Waals surface area contributed by atoms with Crippen LogP contribution >= 0.6 is 11.6 Å². The number of piperazine rings is 1. The molecule has 0 aliphatic carbocycles. The number of phenolic OH excluding ortho intramolecular Hbond substituents is 1. The van der Waals surface area contributed by atoms with Gasteiger partial charge in [0.2, 0.25) is 0 Å². The van der Waals surface area contributed by atoms with E-state index in [1.165, 1.54) is 0 Å². The summed E-state index contributed by atoms with van der Waals surface area (Å²) in [5.41, 5.74) is 2.47. The molecule has 6 aliphatic heterocycles. The van der Waals surface area contributed by atoms with Crippen molar-refractivity contribution in [3.05, 3.63) is 46.6 Å². The van der Waals surface area contributed by atoms with E-state index in [1.54, 1.807) is 12.1 Å². The van der Waals surface area contributed by atoms with Crippen molar-refractivity contribution in [1.82, 2.24) is 20.2 Å². The van der Waals surface area contributed by atoms with Crippen molar-refractivity contribution in [2.45, 2.75) is 74.6 Å². The molecular weight excluding hydrogens is 571 g/mol. The quantitative estimate of drug-likeness (QED) is 0.450. The Hall–Kier alpha value is -2.92. The lowest BCUT2D eigenvalue weighted by Gasteiger charge is -2.41. The van der Waals surface area contributed by atoms with E-state index in [4.69, 9.17) is 31.0 Å². The van der Waals surface area contributed by atoms with E-state index in [-0.39, 0.29) is 23.4 Å². The molecule has 3 aromatic rings. The molecule has 0 spiro atoms. The molecule has 2 N–H and O–H groups in total. The Morgan fingerprint density at radius 1 is 1.19 bits per heavy atom. The van der Waals surface area contributed by atoms with Crippen LogP contribution in [-0.2, 0) is 11.3 Å². The number of anilines is 2. The fourth-order valence-corrected chi connectivity index (χ4v) is 9.14. The first-order valence-electron chi connectivity index (χ1n) is 15.7. The standard InChI is InChI=1S/C32H36ClFN6O3/c33-22-4-1-3-18-9-21(41)10-25(28(18)22)38-14-24-29-27(15-38)42-16-26-23-6-5-20(35-23)13-40(26)30(29)37-31(36-24)43-17-32-7-2-8-39(32)12-19(34)11-32/h1,3-4,9-10,19-20,23,26-27,35,41H,2,5-8,11-17H2. The third-order valence-electron chi connectivity index (χ3n) is 10.8. The molecule has 0 amide bonds. The summed E-state index contributed by atoms with van der Waals surface area (Å²) in [6.07, 6.45) is 3.71. The lowest BCUT2D eigenvalue weighted by molar-refractivity contribution is 0.0414. The minimum absolute atomic E-state index is 0.173. The number of hydrogen-bond acceptors (Lipinski definition) is 9. The highest BCUT2D eigenvalue weighted by atomic mass is 35.5. The number of nitrogens with zero attached hydrogens (tertiary/aromatic N) is 5. The molecule has 9 nitrogen and oxygen atoms in total. The van der Waals surface area contributed by atoms with Gasteiger partial charge in [-0.25, -0.2) is 4.39 Å². The number of phenols is 1. The molecule has 4 fully saturated rings. The van der Waals surface area contributed by atoms with Gasteiger partial charge in [0.15, 0.2) is 0 Å². The normalized spacial score (nSPS) is 32.9. The summed E-state index contributed by atoms with van der Waals surface area (Å²) in [6, 6.07) is 10.6. The van der Waals surface area contributed by atoms with Crippen molar-refractivity contribution in [2.24, 2.45) is 0 Å². The lowest BCUT2D eigenvalue weighted by atomic mass is 9.95. The molecule has 11 heteroatoms. The molecule has 43 heavy (non-hydrogen) atoms. The predicted octanol–water partition coefficient (Wildman–Crippen LogP) is 4.34. The molecule has 1 aromatic heterocycles. The Bertz CT molecular complexity index is 1610. The highest BCUT2D eigenvalue weighted by molar-refractivity contribution is 6.36. The van der Waals surface area contributed by atoms with Crippen LogP contribution in [0.5, 0.6) is 11.8 Å². The molecule has 2 bridgehead atoms. The van der Waals surface area contributed by atoms with Crippen molar-refractivity contribution in [1.29, 1.82) is 0 Å². The summed E-state index contributed by atoms with van der Waals surface area (Å²) < 4.78 is 27.7. The molecule has 0 saturated carbocycles. The van der Waals surface area contributed by atoms with Crippen molar-refractivity contribution in [3.63, 3.8) is 0 Å². The van der Waals surface area contributed by atoms with Gasteiger partial charge in [0.25, 0.3) is 0 Å². The van der Waals surface area contributed by atoms with Gasteiger partial charge in [-0.05, 0) is 49.7 Å². The molecule has 7 heterocycles. The monoisotopic (exact) mass is 606 g/mol. The minimum Gasteiger partial charge on any atom is -0.508 e. The molecule has 226 valence electrons. The average Bonchev–Trinajstić information content (AvgIpc) is 3.62. The van der Waals surface area contributed by atoms with Crippen LogP contribution in [0.2, 0.25) is 5.02 Å². The van der Waals surface area contributed by atoms with E-state index in [1.807, 2.05) is 18.2 Å². The first kappa shape index (κ1) is 26.5. The number of rotatable bonds is 4. The Morgan fingerprint density at radius 2 is 2.12 bits per heavy atom. The smallest absolute Gasteiger partial charge is 0.318 e. The van der Waals surface area contributed by atoms with E-state index in [0.717, 1.165) is 72.3 Å². The Kier molecular flexibility index (Phi) is 6.03. The van der Waals surface area contributed by atoms with E-state index in [9.17, 15) is 9.50 Å². The second-order valence-electron chi connectivity index (χ2n) is 13.3. The number of alkyl halides is 1. The van der Waals surface area contributed by atoms with E-state index in [2.05, 4.69) is 20.0 Å². The van der Waals surface area contributed by atoms with Gasteiger partial charge < -0.3 is 29.7 Å². The zero-order valence-electron chi connectivity index (χ0n) is 24.0. The first-order valence-corrected chi connectivity index (χ1v) is 16.1. The second kappa shape index (κ2) is 9.79. The van der Waals surface area contributed by atoms with Gasteiger partial charge in [-0.15, -0.1) is 0 Å². The predicted molar refractivity (Wildman–Crippen MR) is 162 cm³/mol. The fourth-order valence-electron chi connectivity index (χ4n) is 8.86. The highest BCUT2D eigenvalue weighted by Crippen LogP contribution is 2.46. The number of aromatic nitrogens is 2. The van der Waals surface area contributed by atoms with E-state index >= 15 is 0 Å². The van der Waals surface area contributed by atoms with Crippen molar-refractivity contribution >= 4 is 33.9 Å². The summed E-state index contributed by atoms with van der Waals surface area (Å²) in [6.45, 7) is 4.34. The van der Waals surface area contributed by atoms with Crippen molar-refractivity contribution in [3.8, 4) is 11.8 Å². The van der Waals surface area contributed by atoms with Crippen LogP contribution in [-0.4, -0.2) is 89.2 Å². The number of ether oxygens (including phenoxy) is 2. The van der Waals surface area contributed by atoms with Gasteiger partial charge in [0.05, 0.1) is 41.1 Å². The number of benzene rings is 2. The maximum atomic E-state index is 14.5. The Balaban J connectivity index is 1.13. The zero-order chi connectivity index (χ0) is 28.9. The first-order chi connectivity index (χ1) is 20.9. The minimum atomic E-state index is -0.814. The highest BCUT2D eigenvalue weighted by Gasteiger charge is 2.50. The van der Waals surface area contributed by atoms with Crippen LogP contribution in [0.3, 0.4) is 0 Å². The van der Waals surface area contributed by atoms with Crippen LogP contribution in [0.4, 0.5) is 15.9 Å². The van der Waals surface area contributed by atoms with Gasteiger partial charge in [0.1, 0.15) is 30.4 Å². The average molecular weight is 607 g/mol. The Morgan fingerprint density at radius 3 is 3.05 bits per heavy atom. The molecule has 9 rings (SSSR count). The summed E-state index contributed by atoms with van der Waals surface area (Å²) in [7, 11) is 0. The number of fused-ring (bicyclic) bond motifs is 7. The topological polar surface area (TPSA) is 86.2 Å². The molecule has 2 aromatic carbocycles. The number of aromatic hydroxyl groups is 1. The molecule has 4 saturated heterocycles.